The van der Waals surface area contributed by atoms with E-state index in [2.05, 4.69) is 72.8 Å². The van der Waals surface area contributed by atoms with Gasteiger partial charge in [-0.25, -0.2) is 0 Å². The van der Waals surface area contributed by atoms with Crippen molar-refractivity contribution >= 4 is 43.1 Å². The lowest BCUT2D eigenvalue weighted by Crippen LogP contribution is -1.85. The number of hydrogen-bond donors (Lipinski definition) is 0. The zero-order valence-corrected chi connectivity index (χ0v) is 11.4. The van der Waals surface area contributed by atoms with Crippen molar-refractivity contribution in [3.63, 3.8) is 0 Å². The van der Waals surface area contributed by atoms with Crippen LogP contribution in [0.2, 0.25) is 0 Å². The third-order valence-corrected chi connectivity index (χ3v) is 4.39. The minimum absolute atomic E-state index is 0. The summed E-state index contributed by atoms with van der Waals surface area (Å²) in [7, 11) is 0. The predicted octanol–water partition coefficient (Wildman–Crippen LogP) is 5.82. The van der Waals surface area contributed by atoms with Gasteiger partial charge < -0.3 is 0 Å². The molecule has 0 aliphatic heterocycles. The van der Waals surface area contributed by atoms with Crippen LogP contribution < -0.4 is 0 Å². The largest absolute Gasteiger partial charge is 0.0610 e. The molecule has 21 heavy (non-hydrogen) atoms. The van der Waals surface area contributed by atoms with Crippen molar-refractivity contribution in [1.82, 2.24) is 0 Å². The standard InChI is InChI=1S/C20H12.C/c1-5-13-6-2-11-17-18-12-4-8-14-7-3-10-16(20(14)18)15(9-1)19(13)17;/h1-12H;. The summed E-state index contributed by atoms with van der Waals surface area (Å²) in [6.07, 6.45) is 0. The lowest BCUT2D eigenvalue weighted by Gasteiger charge is -2.13. The Morgan fingerprint density at radius 1 is 0.381 bits per heavy atom. The SMILES string of the molecule is [C].c1cc2cccc3c4cccc5cccc(c(c1)c23)c54. The Morgan fingerprint density at radius 3 is 0.952 bits per heavy atom. The fourth-order valence-electron chi connectivity index (χ4n) is 3.58. The molecule has 0 fully saturated rings. The van der Waals surface area contributed by atoms with E-state index in [1.54, 1.807) is 0 Å². The summed E-state index contributed by atoms with van der Waals surface area (Å²) in [5.74, 6) is 0. The van der Waals surface area contributed by atoms with E-state index in [4.69, 9.17) is 0 Å². The molecule has 0 unspecified atom stereocenters. The zero-order valence-electron chi connectivity index (χ0n) is 11.4. The third-order valence-electron chi connectivity index (χ3n) is 4.39. The first-order valence-electron chi connectivity index (χ1n) is 6.98. The smallest absolute Gasteiger partial charge is 0 e. The topological polar surface area (TPSA) is 0 Å². The molecule has 0 atom stereocenters. The van der Waals surface area contributed by atoms with Crippen LogP contribution in [0, 0.1) is 7.43 Å². The molecule has 0 N–H and O–H groups in total. The molecule has 0 heterocycles. The second kappa shape index (κ2) is 4.20. The first-order valence-corrected chi connectivity index (χ1v) is 6.98. The molecule has 0 spiro atoms. The number of fused-ring (bicyclic) bond motifs is 2. The maximum absolute atomic E-state index is 2.25. The van der Waals surface area contributed by atoms with E-state index in [1.807, 2.05) is 0 Å². The fraction of sp³-hybridized carbons (Fsp3) is 0. The second-order valence-electron chi connectivity index (χ2n) is 5.42. The lowest BCUT2D eigenvalue weighted by atomic mass is 9.90. The molecule has 0 nitrogen and oxygen atoms in total. The van der Waals surface area contributed by atoms with Crippen molar-refractivity contribution in [3.8, 4) is 0 Å². The van der Waals surface area contributed by atoms with E-state index >= 15 is 0 Å². The fourth-order valence-corrected chi connectivity index (χ4v) is 3.58. The molecule has 0 aliphatic carbocycles. The van der Waals surface area contributed by atoms with E-state index in [1.165, 1.54) is 43.1 Å². The van der Waals surface area contributed by atoms with Gasteiger partial charge in [0.05, 0.1) is 0 Å². The van der Waals surface area contributed by atoms with Gasteiger partial charge in [-0.2, -0.15) is 0 Å². The first-order chi connectivity index (χ1) is 9.93. The van der Waals surface area contributed by atoms with Crippen molar-refractivity contribution in [1.29, 1.82) is 0 Å². The minimum atomic E-state index is 0. The van der Waals surface area contributed by atoms with Crippen LogP contribution in [0.3, 0.4) is 0 Å². The Kier molecular flexibility index (Phi) is 2.43. The predicted molar refractivity (Wildman–Crippen MR) is 90.9 cm³/mol. The Bertz CT molecular complexity index is 917. The van der Waals surface area contributed by atoms with Crippen molar-refractivity contribution in [2.24, 2.45) is 0 Å². The molecule has 0 aliphatic rings. The van der Waals surface area contributed by atoms with Crippen LogP contribution in [0.5, 0.6) is 0 Å². The van der Waals surface area contributed by atoms with Gasteiger partial charge in [-0.1, -0.05) is 72.8 Å². The summed E-state index contributed by atoms with van der Waals surface area (Å²) in [5.41, 5.74) is 0. The molecule has 0 aromatic heterocycles. The summed E-state index contributed by atoms with van der Waals surface area (Å²) in [6, 6.07) is 26.4. The molecular weight excluding hydrogens is 252 g/mol. The molecule has 4 radical (unpaired) electrons. The summed E-state index contributed by atoms with van der Waals surface area (Å²) >= 11 is 0. The van der Waals surface area contributed by atoms with Crippen molar-refractivity contribution in [2.75, 3.05) is 0 Å². The van der Waals surface area contributed by atoms with Gasteiger partial charge in [0, 0.05) is 7.43 Å². The van der Waals surface area contributed by atoms with Crippen molar-refractivity contribution < 1.29 is 0 Å². The zero-order chi connectivity index (χ0) is 13.1. The van der Waals surface area contributed by atoms with Crippen LogP contribution in [-0.2, 0) is 0 Å². The molecule has 0 saturated heterocycles. The van der Waals surface area contributed by atoms with Gasteiger partial charge in [-0.05, 0) is 43.1 Å². The molecule has 5 rings (SSSR count). The number of rotatable bonds is 0. The summed E-state index contributed by atoms with van der Waals surface area (Å²) in [4.78, 5) is 0. The molecule has 5 aromatic carbocycles. The molecule has 96 valence electrons. The highest BCUT2D eigenvalue weighted by molar-refractivity contribution is 6.32. The average Bonchev–Trinajstić information content (AvgIpc) is 2.52. The van der Waals surface area contributed by atoms with Crippen LogP contribution >= 0.6 is 0 Å². The van der Waals surface area contributed by atoms with Crippen LogP contribution in [0.25, 0.3) is 43.1 Å². The number of hydrogen-bond acceptors (Lipinski definition) is 0. The van der Waals surface area contributed by atoms with Gasteiger partial charge in [0.1, 0.15) is 0 Å². The summed E-state index contributed by atoms with van der Waals surface area (Å²) in [5, 5.41) is 10.9. The van der Waals surface area contributed by atoms with Crippen LogP contribution in [0.1, 0.15) is 0 Å². The van der Waals surface area contributed by atoms with Gasteiger partial charge >= 0.3 is 0 Å². The molecule has 0 heteroatoms. The highest BCUT2D eigenvalue weighted by Crippen LogP contribution is 2.39. The first kappa shape index (κ1) is 12.2. The molecular formula is C21H12. The van der Waals surface area contributed by atoms with Crippen molar-refractivity contribution in [3.05, 3.63) is 80.2 Å². The Labute approximate surface area is 124 Å². The van der Waals surface area contributed by atoms with E-state index in [9.17, 15) is 0 Å². The highest BCUT2D eigenvalue weighted by atomic mass is 14.1. The molecule has 0 amide bonds. The van der Waals surface area contributed by atoms with Crippen molar-refractivity contribution in [2.45, 2.75) is 0 Å². The molecule has 0 bridgehead atoms. The van der Waals surface area contributed by atoms with Gasteiger partial charge in [0.2, 0.25) is 0 Å². The Morgan fingerprint density at radius 2 is 0.667 bits per heavy atom. The lowest BCUT2D eigenvalue weighted by molar-refractivity contribution is 1.78. The van der Waals surface area contributed by atoms with E-state index in [0.29, 0.717) is 0 Å². The average molecular weight is 264 g/mol. The summed E-state index contributed by atoms with van der Waals surface area (Å²) < 4.78 is 0. The van der Waals surface area contributed by atoms with Crippen LogP contribution in [0.15, 0.2) is 72.8 Å². The molecule has 5 aromatic rings. The van der Waals surface area contributed by atoms with E-state index in [-0.39, 0.29) is 7.43 Å². The minimum Gasteiger partial charge on any atom is -0.0610 e. The van der Waals surface area contributed by atoms with Gasteiger partial charge in [-0.15, -0.1) is 0 Å². The second-order valence-corrected chi connectivity index (χ2v) is 5.42. The van der Waals surface area contributed by atoms with Gasteiger partial charge in [0.15, 0.2) is 0 Å². The normalized spacial score (nSPS) is 11.4. The Hall–Kier alpha value is -2.60. The van der Waals surface area contributed by atoms with E-state index in [0.717, 1.165) is 0 Å². The maximum atomic E-state index is 2.25. The number of benzene rings is 5. The Balaban J connectivity index is 0.00000115. The van der Waals surface area contributed by atoms with E-state index < -0.39 is 0 Å². The van der Waals surface area contributed by atoms with Crippen LogP contribution in [-0.4, -0.2) is 0 Å². The van der Waals surface area contributed by atoms with Gasteiger partial charge in [0.25, 0.3) is 0 Å². The van der Waals surface area contributed by atoms with Crippen LogP contribution in [0.4, 0.5) is 0 Å². The quantitative estimate of drug-likeness (QED) is 0.244. The third kappa shape index (κ3) is 1.45. The maximum Gasteiger partial charge on any atom is 0 e. The van der Waals surface area contributed by atoms with Gasteiger partial charge in [-0.3, -0.25) is 0 Å². The summed E-state index contributed by atoms with van der Waals surface area (Å²) in [6.45, 7) is 0. The molecule has 0 saturated carbocycles. The highest BCUT2D eigenvalue weighted by Gasteiger charge is 2.11. The monoisotopic (exact) mass is 264 g/mol.